The van der Waals surface area contributed by atoms with E-state index < -0.39 is 28.5 Å². The summed E-state index contributed by atoms with van der Waals surface area (Å²) in [5.41, 5.74) is 3.21. The molecule has 1 N–H and O–H groups in total. The van der Waals surface area contributed by atoms with Gasteiger partial charge in [0.2, 0.25) is 5.95 Å². The number of methoxy groups -OCH3 is 1. The van der Waals surface area contributed by atoms with Crippen LogP contribution >= 0.6 is 0 Å². The molecule has 5 rings (SSSR count). The van der Waals surface area contributed by atoms with Crippen molar-refractivity contribution < 1.29 is 27.1 Å². The molecule has 11 nitrogen and oxygen atoms in total. The zero-order valence-corrected chi connectivity index (χ0v) is 25.1. The molecule has 226 valence electrons. The van der Waals surface area contributed by atoms with Crippen LogP contribution in [0.2, 0.25) is 0 Å². The zero-order chi connectivity index (χ0) is 31.4. The lowest BCUT2D eigenvalue weighted by Crippen LogP contribution is -2.31. The van der Waals surface area contributed by atoms with E-state index in [1.54, 1.807) is 55.6 Å². The van der Waals surface area contributed by atoms with Crippen molar-refractivity contribution in [2.45, 2.75) is 27.0 Å². The van der Waals surface area contributed by atoms with Gasteiger partial charge in [-0.15, -0.1) is 0 Å². The summed E-state index contributed by atoms with van der Waals surface area (Å²) in [4.78, 5) is 23.1. The van der Waals surface area contributed by atoms with Crippen molar-refractivity contribution in [1.82, 2.24) is 14.7 Å². The zero-order valence-electron chi connectivity index (χ0n) is 24.2. The molecule has 1 fully saturated rings. The summed E-state index contributed by atoms with van der Waals surface area (Å²) in [7, 11) is -2.76. The van der Waals surface area contributed by atoms with E-state index in [0.717, 1.165) is 5.56 Å². The van der Waals surface area contributed by atoms with Gasteiger partial charge in [0.15, 0.2) is 5.82 Å². The molecule has 4 aromatic rings. The molecule has 0 radical (unpaired) electrons. The van der Waals surface area contributed by atoms with E-state index in [1.165, 1.54) is 6.07 Å². The molecule has 44 heavy (non-hydrogen) atoms. The van der Waals surface area contributed by atoms with Gasteiger partial charge in [0, 0.05) is 24.3 Å². The van der Waals surface area contributed by atoms with Crippen LogP contribution in [0.1, 0.15) is 29.3 Å². The highest BCUT2D eigenvalue weighted by molar-refractivity contribution is 7.92. The highest BCUT2D eigenvalue weighted by Crippen LogP contribution is 2.37. The smallest absolute Gasteiger partial charge is 0.326 e. The first-order valence-electron chi connectivity index (χ1n) is 13.6. The van der Waals surface area contributed by atoms with Crippen molar-refractivity contribution in [2.75, 3.05) is 29.4 Å². The third-order valence-corrected chi connectivity index (χ3v) is 8.29. The molecule has 13 heteroatoms. The monoisotopic (exact) mass is 616 g/mol. The fourth-order valence-electron chi connectivity index (χ4n) is 4.78. The molecule has 0 unspecified atom stereocenters. The van der Waals surface area contributed by atoms with Gasteiger partial charge < -0.3 is 14.4 Å². The van der Waals surface area contributed by atoms with Gasteiger partial charge in [0.25, 0.3) is 5.91 Å². The largest absolute Gasteiger partial charge is 0.497 e. The molecule has 2 heterocycles. The SMILES string of the molecule is CCN(Cc1cc(F)c(N2CC(=O)NS2(=O)=O)c(OCc2ccc(OC)cc2)c1)c1nc(C)cc(-c2ccccc2C#N)n1. The van der Waals surface area contributed by atoms with Crippen LogP contribution in [0.25, 0.3) is 11.3 Å². The number of aryl methyl sites for hydroxylation is 1. The first kappa shape index (κ1) is 30.2. The highest BCUT2D eigenvalue weighted by Gasteiger charge is 2.38. The molecule has 0 aliphatic carbocycles. The number of halogens is 1. The lowest BCUT2D eigenvalue weighted by atomic mass is 10.0. The van der Waals surface area contributed by atoms with E-state index in [-0.39, 0.29) is 24.6 Å². The third kappa shape index (κ3) is 6.40. The maximum Gasteiger partial charge on any atom is 0.326 e. The van der Waals surface area contributed by atoms with Crippen molar-refractivity contribution in [2.24, 2.45) is 0 Å². The predicted octanol–water partition coefficient (Wildman–Crippen LogP) is 4.26. The Morgan fingerprint density at radius 1 is 1.09 bits per heavy atom. The molecule has 0 saturated carbocycles. The van der Waals surface area contributed by atoms with Gasteiger partial charge in [-0.25, -0.2) is 23.4 Å². The van der Waals surface area contributed by atoms with Crippen molar-refractivity contribution >= 4 is 27.8 Å². The molecule has 1 saturated heterocycles. The minimum absolute atomic E-state index is 0.00467. The summed E-state index contributed by atoms with van der Waals surface area (Å²) in [6.45, 7) is 3.74. The first-order chi connectivity index (χ1) is 21.1. The van der Waals surface area contributed by atoms with Crippen LogP contribution in [0.15, 0.2) is 66.7 Å². The van der Waals surface area contributed by atoms with Crippen molar-refractivity contribution in [3.8, 4) is 28.8 Å². The summed E-state index contributed by atoms with van der Waals surface area (Å²) >= 11 is 0. The summed E-state index contributed by atoms with van der Waals surface area (Å²) in [6, 6.07) is 20.9. The molecule has 1 aliphatic heterocycles. The third-order valence-electron chi connectivity index (χ3n) is 6.92. The van der Waals surface area contributed by atoms with Crippen LogP contribution in [-0.2, 0) is 28.2 Å². The normalized spacial score (nSPS) is 13.7. The van der Waals surface area contributed by atoms with Gasteiger partial charge >= 0.3 is 10.2 Å². The number of nitrogens with zero attached hydrogens (tertiary/aromatic N) is 5. The summed E-state index contributed by atoms with van der Waals surface area (Å²) < 4.78 is 54.9. The molecular formula is C31H29FN6O5S. The number of anilines is 2. The summed E-state index contributed by atoms with van der Waals surface area (Å²) in [6.07, 6.45) is 0. The number of rotatable bonds is 10. The van der Waals surface area contributed by atoms with Crippen molar-refractivity contribution in [1.29, 1.82) is 5.26 Å². The molecular weight excluding hydrogens is 587 g/mol. The number of aromatic nitrogens is 2. The van der Waals surface area contributed by atoms with E-state index in [1.807, 2.05) is 35.6 Å². The van der Waals surface area contributed by atoms with Crippen molar-refractivity contribution in [3.05, 3.63) is 94.9 Å². The second-order valence-corrected chi connectivity index (χ2v) is 11.6. The Hall–Kier alpha value is -5.22. The van der Waals surface area contributed by atoms with Gasteiger partial charge in [-0.1, -0.05) is 30.3 Å². The Morgan fingerprint density at radius 2 is 1.84 bits per heavy atom. The second kappa shape index (κ2) is 12.6. The Bertz CT molecular complexity index is 1860. The molecule has 1 aromatic heterocycles. The standard InChI is InChI=1S/C31H29FN6O5S/c1-4-37(31-34-20(2)13-27(35-31)25-8-6-5-7-23(25)16-33)17-22-14-26(32)30(38-18-29(39)36-44(38,40)41)28(15-22)43-19-21-9-11-24(42-3)12-10-21/h5-15H,4,17-19H2,1-3H3,(H,36,39). The number of benzene rings is 3. The van der Waals surface area contributed by atoms with Crippen LogP contribution in [0.3, 0.4) is 0 Å². The lowest BCUT2D eigenvalue weighted by molar-refractivity contribution is -0.117. The van der Waals surface area contributed by atoms with Gasteiger partial charge in [-0.3, -0.25) is 4.79 Å². The van der Waals surface area contributed by atoms with E-state index in [2.05, 4.69) is 11.1 Å². The topological polar surface area (TPSA) is 138 Å². The lowest BCUT2D eigenvalue weighted by Gasteiger charge is -2.24. The Morgan fingerprint density at radius 3 is 2.50 bits per heavy atom. The number of nitrogens with one attached hydrogen (secondary N) is 1. The van der Waals surface area contributed by atoms with E-state index >= 15 is 4.39 Å². The van der Waals surface area contributed by atoms with Crippen LogP contribution in [0.4, 0.5) is 16.0 Å². The molecule has 1 amide bonds. The maximum atomic E-state index is 15.8. The molecule has 0 atom stereocenters. The fraction of sp³-hybridized carbons (Fsp3) is 0.226. The number of hydrogen-bond acceptors (Lipinski definition) is 9. The van der Waals surface area contributed by atoms with Crippen LogP contribution in [-0.4, -0.2) is 44.5 Å². The van der Waals surface area contributed by atoms with E-state index in [4.69, 9.17) is 14.5 Å². The van der Waals surface area contributed by atoms with Crippen LogP contribution in [0, 0.1) is 24.1 Å². The highest BCUT2D eigenvalue weighted by atomic mass is 32.2. The summed E-state index contributed by atoms with van der Waals surface area (Å²) in [5, 5.41) is 9.59. The number of carbonyl (C=O) groups excluding carboxylic acids is 1. The Labute approximate surface area is 254 Å². The van der Waals surface area contributed by atoms with E-state index in [0.29, 0.717) is 50.6 Å². The minimum atomic E-state index is -4.31. The number of hydrogen-bond donors (Lipinski definition) is 1. The van der Waals surface area contributed by atoms with Gasteiger partial charge in [-0.2, -0.15) is 13.7 Å². The van der Waals surface area contributed by atoms with E-state index in [9.17, 15) is 18.5 Å². The number of ether oxygens (including phenoxy) is 2. The maximum absolute atomic E-state index is 15.8. The first-order valence-corrected chi connectivity index (χ1v) is 15.1. The van der Waals surface area contributed by atoms with Crippen LogP contribution in [0.5, 0.6) is 11.5 Å². The number of nitriles is 1. The summed E-state index contributed by atoms with van der Waals surface area (Å²) in [5.74, 6) is -0.695. The van der Waals surface area contributed by atoms with Gasteiger partial charge in [0.05, 0.1) is 24.4 Å². The molecule has 0 bridgehead atoms. The number of amides is 1. The minimum Gasteiger partial charge on any atom is -0.497 e. The van der Waals surface area contributed by atoms with Crippen molar-refractivity contribution in [3.63, 3.8) is 0 Å². The van der Waals surface area contributed by atoms with Crippen LogP contribution < -0.4 is 23.4 Å². The second-order valence-electron chi connectivity index (χ2n) is 9.96. The quantitative estimate of drug-likeness (QED) is 0.277. The molecule has 3 aromatic carbocycles. The average molecular weight is 617 g/mol. The Kier molecular flexibility index (Phi) is 8.64. The Balaban J connectivity index is 1.51. The molecule has 0 spiro atoms. The predicted molar refractivity (Wildman–Crippen MR) is 162 cm³/mol. The van der Waals surface area contributed by atoms with Gasteiger partial charge in [0.1, 0.15) is 30.3 Å². The molecule has 1 aliphatic rings. The van der Waals surface area contributed by atoms with Gasteiger partial charge in [-0.05, 0) is 61.4 Å². The average Bonchev–Trinajstić information content (AvgIpc) is 3.29. The number of carbonyl (C=O) groups is 1. The fourth-order valence-corrected chi connectivity index (χ4v) is 5.95.